The van der Waals surface area contributed by atoms with E-state index in [2.05, 4.69) is 15.4 Å². The summed E-state index contributed by atoms with van der Waals surface area (Å²) in [5.41, 5.74) is -0.376. The first-order valence-electron chi connectivity index (χ1n) is 11.0. The highest BCUT2D eigenvalue weighted by atomic mass is 19.4. The number of nitrogens with zero attached hydrogens (tertiary/aromatic N) is 2. The number of carbonyl (C=O) groups excluding carboxylic acids is 1. The number of rotatable bonds is 7. The largest absolute Gasteiger partial charge is 0.497 e. The Kier molecular flexibility index (Phi) is 6.84. The van der Waals surface area contributed by atoms with Crippen LogP contribution in [0.15, 0.2) is 59.5 Å². The van der Waals surface area contributed by atoms with Crippen LogP contribution in [0, 0.1) is 6.92 Å². The summed E-state index contributed by atoms with van der Waals surface area (Å²) < 4.78 is 46.3. The van der Waals surface area contributed by atoms with Crippen molar-refractivity contribution < 1.29 is 27.8 Å². The van der Waals surface area contributed by atoms with E-state index < -0.39 is 29.2 Å². The molecule has 0 bridgehead atoms. The summed E-state index contributed by atoms with van der Waals surface area (Å²) in [4.78, 5) is 28.1. The van der Waals surface area contributed by atoms with Gasteiger partial charge < -0.3 is 20.1 Å². The van der Waals surface area contributed by atoms with Crippen molar-refractivity contribution in [2.75, 3.05) is 13.7 Å². The van der Waals surface area contributed by atoms with Crippen LogP contribution < -0.4 is 15.6 Å². The molecule has 188 valence electrons. The third kappa shape index (κ3) is 5.10. The van der Waals surface area contributed by atoms with Gasteiger partial charge in [0, 0.05) is 18.2 Å². The number of aliphatic hydroxyl groups excluding tert-OH is 1. The lowest BCUT2D eigenvalue weighted by Crippen LogP contribution is -2.29. The van der Waals surface area contributed by atoms with Crippen LogP contribution in [0.2, 0.25) is 0 Å². The summed E-state index contributed by atoms with van der Waals surface area (Å²) in [6.07, 6.45) is -2.95. The van der Waals surface area contributed by atoms with Crippen molar-refractivity contribution in [3.05, 3.63) is 87.5 Å². The fourth-order valence-corrected chi connectivity index (χ4v) is 3.88. The number of aromatic amines is 1. The number of aliphatic hydroxyl groups is 1. The second-order valence-electron chi connectivity index (χ2n) is 8.20. The summed E-state index contributed by atoms with van der Waals surface area (Å²) in [6.45, 7) is 1.18. The SMILES string of the molecule is COc1ccc(C(CCO)NC(=O)c2cc3c(=O)[nH]c(-c4ccc(C)c(C(F)(F)F)c4)cn3n2)cc1. The van der Waals surface area contributed by atoms with E-state index in [1.165, 1.54) is 38.4 Å². The second kappa shape index (κ2) is 9.86. The van der Waals surface area contributed by atoms with E-state index in [4.69, 9.17) is 4.74 Å². The van der Waals surface area contributed by atoms with Crippen LogP contribution in [0.1, 0.15) is 39.6 Å². The standard InChI is InChI=1S/C25H23F3N4O4/c1-14-3-4-16(11-18(14)25(26,27)28)21-13-32-22(24(35)30-21)12-20(31-32)23(34)29-19(9-10-33)15-5-7-17(36-2)8-6-15/h3-8,11-13,19,33H,9-10H2,1-2H3,(H,29,34)(H,30,35). The van der Waals surface area contributed by atoms with Gasteiger partial charge >= 0.3 is 6.18 Å². The Labute approximate surface area is 203 Å². The number of amides is 1. The lowest BCUT2D eigenvalue weighted by molar-refractivity contribution is -0.138. The number of halogens is 3. The van der Waals surface area contributed by atoms with E-state index in [1.54, 1.807) is 24.3 Å². The smallest absolute Gasteiger partial charge is 0.416 e. The van der Waals surface area contributed by atoms with Crippen LogP contribution in [0.4, 0.5) is 13.2 Å². The molecule has 2 aromatic carbocycles. The van der Waals surface area contributed by atoms with Crippen molar-refractivity contribution in [1.82, 2.24) is 19.9 Å². The molecule has 8 nitrogen and oxygen atoms in total. The normalized spacial score (nSPS) is 12.5. The molecule has 4 rings (SSSR count). The van der Waals surface area contributed by atoms with Crippen molar-refractivity contribution in [3.63, 3.8) is 0 Å². The molecule has 1 unspecified atom stereocenters. The Hall–Kier alpha value is -4.12. The van der Waals surface area contributed by atoms with E-state index in [1.807, 2.05) is 0 Å². The number of benzene rings is 2. The number of carbonyl (C=O) groups is 1. The summed E-state index contributed by atoms with van der Waals surface area (Å²) in [5.74, 6) is 0.0581. The lowest BCUT2D eigenvalue weighted by Gasteiger charge is -2.18. The minimum atomic E-state index is -4.55. The number of aromatic nitrogens is 3. The van der Waals surface area contributed by atoms with Crippen molar-refractivity contribution >= 4 is 11.4 Å². The van der Waals surface area contributed by atoms with Gasteiger partial charge in [0.2, 0.25) is 0 Å². The Morgan fingerprint density at radius 3 is 2.56 bits per heavy atom. The van der Waals surface area contributed by atoms with Crippen molar-refractivity contribution in [2.45, 2.75) is 25.6 Å². The highest BCUT2D eigenvalue weighted by Gasteiger charge is 2.32. The van der Waals surface area contributed by atoms with Gasteiger partial charge in [0.1, 0.15) is 11.3 Å². The molecule has 1 atom stereocenters. The molecule has 3 N–H and O–H groups in total. The molecule has 4 aromatic rings. The number of fused-ring (bicyclic) bond motifs is 1. The molecule has 2 aromatic heterocycles. The highest BCUT2D eigenvalue weighted by molar-refractivity contribution is 5.93. The zero-order chi connectivity index (χ0) is 26.0. The monoisotopic (exact) mass is 500 g/mol. The summed E-state index contributed by atoms with van der Waals surface area (Å²) >= 11 is 0. The Bertz CT molecular complexity index is 1460. The number of H-pyrrole nitrogens is 1. The van der Waals surface area contributed by atoms with Gasteiger partial charge in [-0.1, -0.05) is 24.3 Å². The van der Waals surface area contributed by atoms with Crippen LogP contribution in [-0.4, -0.2) is 39.3 Å². The van der Waals surface area contributed by atoms with Crippen LogP contribution in [0.25, 0.3) is 16.8 Å². The van der Waals surface area contributed by atoms with Crippen LogP contribution in [0.5, 0.6) is 5.75 Å². The summed E-state index contributed by atoms with van der Waals surface area (Å²) in [5, 5.41) is 16.4. The fourth-order valence-electron chi connectivity index (χ4n) is 3.88. The molecule has 2 heterocycles. The Morgan fingerprint density at radius 1 is 1.19 bits per heavy atom. The zero-order valence-corrected chi connectivity index (χ0v) is 19.4. The average Bonchev–Trinajstić information content (AvgIpc) is 3.28. The van der Waals surface area contributed by atoms with Gasteiger partial charge in [-0.15, -0.1) is 0 Å². The van der Waals surface area contributed by atoms with Gasteiger partial charge in [0.25, 0.3) is 11.5 Å². The van der Waals surface area contributed by atoms with Crippen LogP contribution >= 0.6 is 0 Å². The second-order valence-corrected chi connectivity index (χ2v) is 8.20. The maximum atomic E-state index is 13.3. The molecule has 0 radical (unpaired) electrons. The third-order valence-corrected chi connectivity index (χ3v) is 5.80. The van der Waals surface area contributed by atoms with Gasteiger partial charge in [0.05, 0.1) is 30.6 Å². The predicted octanol–water partition coefficient (Wildman–Crippen LogP) is 3.88. The average molecular weight is 500 g/mol. The summed E-state index contributed by atoms with van der Waals surface area (Å²) in [6, 6.07) is 11.5. The van der Waals surface area contributed by atoms with Gasteiger partial charge in [-0.25, -0.2) is 4.52 Å². The van der Waals surface area contributed by atoms with Crippen LogP contribution in [-0.2, 0) is 6.18 Å². The molecular weight excluding hydrogens is 477 g/mol. The Balaban J connectivity index is 1.65. The molecule has 0 aliphatic heterocycles. The fraction of sp³-hybridized carbons (Fsp3) is 0.240. The topological polar surface area (TPSA) is 109 Å². The maximum Gasteiger partial charge on any atom is 0.416 e. The van der Waals surface area contributed by atoms with Gasteiger partial charge in [-0.05, 0) is 42.7 Å². The molecule has 0 saturated carbocycles. The molecule has 0 spiro atoms. The van der Waals surface area contributed by atoms with E-state index in [9.17, 15) is 27.9 Å². The number of hydrogen-bond acceptors (Lipinski definition) is 5. The zero-order valence-electron chi connectivity index (χ0n) is 19.4. The van der Waals surface area contributed by atoms with Gasteiger partial charge in [0.15, 0.2) is 5.69 Å². The number of nitrogens with one attached hydrogen (secondary N) is 2. The first kappa shape index (κ1) is 25.0. The number of ether oxygens (including phenoxy) is 1. The lowest BCUT2D eigenvalue weighted by atomic mass is 10.0. The highest BCUT2D eigenvalue weighted by Crippen LogP contribution is 2.34. The van der Waals surface area contributed by atoms with Gasteiger partial charge in [-0.2, -0.15) is 18.3 Å². The quantitative estimate of drug-likeness (QED) is 0.357. The molecule has 36 heavy (non-hydrogen) atoms. The van der Waals surface area contributed by atoms with Gasteiger partial charge in [-0.3, -0.25) is 9.59 Å². The van der Waals surface area contributed by atoms with Crippen molar-refractivity contribution in [2.24, 2.45) is 0 Å². The summed E-state index contributed by atoms with van der Waals surface area (Å²) in [7, 11) is 1.53. The minimum absolute atomic E-state index is 0.0511. The van der Waals surface area contributed by atoms with E-state index in [-0.39, 0.29) is 41.1 Å². The number of hydrogen-bond donors (Lipinski definition) is 3. The van der Waals surface area contributed by atoms with E-state index in [0.717, 1.165) is 16.1 Å². The molecular formula is C25H23F3N4O4. The molecule has 0 aliphatic carbocycles. The van der Waals surface area contributed by atoms with E-state index in [0.29, 0.717) is 5.75 Å². The molecule has 0 saturated heterocycles. The maximum absolute atomic E-state index is 13.3. The first-order chi connectivity index (χ1) is 17.1. The number of aryl methyl sites for hydroxylation is 1. The van der Waals surface area contributed by atoms with Crippen molar-refractivity contribution in [1.29, 1.82) is 0 Å². The minimum Gasteiger partial charge on any atom is -0.497 e. The van der Waals surface area contributed by atoms with Crippen molar-refractivity contribution in [3.8, 4) is 17.0 Å². The molecule has 1 amide bonds. The van der Waals surface area contributed by atoms with E-state index >= 15 is 0 Å². The first-order valence-corrected chi connectivity index (χ1v) is 11.0. The Morgan fingerprint density at radius 2 is 1.92 bits per heavy atom. The third-order valence-electron chi connectivity index (χ3n) is 5.80. The number of methoxy groups -OCH3 is 1. The molecule has 0 fully saturated rings. The predicted molar refractivity (Wildman–Crippen MR) is 126 cm³/mol. The number of alkyl halides is 3. The molecule has 0 aliphatic rings. The molecule has 11 heteroatoms. The van der Waals surface area contributed by atoms with Crippen LogP contribution in [0.3, 0.4) is 0 Å².